The second-order valence-corrected chi connectivity index (χ2v) is 6.51. The average molecular weight is 345 g/mol. The van der Waals surface area contributed by atoms with Gasteiger partial charge < -0.3 is 5.32 Å². The van der Waals surface area contributed by atoms with Crippen LogP contribution in [0.1, 0.15) is 12.8 Å². The van der Waals surface area contributed by atoms with Gasteiger partial charge in [-0.1, -0.05) is 0 Å². The van der Waals surface area contributed by atoms with Crippen LogP contribution in [0, 0.1) is 23.4 Å². The van der Waals surface area contributed by atoms with Crippen molar-refractivity contribution in [2.75, 3.05) is 19.6 Å². The molecule has 1 aliphatic rings. The van der Waals surface area contributed by atoms with Crippen molar-refractivity contribution in [2.45, 2.75) is 17.7 Å². The van der Waals surface area contributed by atoms with Gasteiger partial charge in [0.15, 0.2) is 17.5 Å². The first-order valence-electron chi connectivity index (χ1n) is 6.25. The van der Waals surface area contributed by atoms with Crippen LogP contribution in [0.2, 0.25) is 0 Å². The van der Waals surface area contributed by atoms with Crippen molar-refractivity contribution in [2.24, 2.45) is 5.92 Å². The molecule has 2 rings (SSSR count). The Kier molecular flexibility index (Phi) is 6.45. The number of hydrogen-bond acceptors (Lipinski definition) is 3. The molecule has 1 aromatic rings. The summed E-state index contributed by atoms with van der Waals surface area (Å²) in [5, 5.41) is 3.15. The molecule has 9 heteroatoms. The molecule has 1 unspecified atom stereocenters. The summed E-state index contributed by atoms with van der Waals surface area (Å²) < 4.78 is 64.8. The third kappa shape index (κ3) is 4.57. The highest BCUT2D eigenvalue weighted by atomic mass is 35.5. The topological polar surface area (TPSA) is 58.2 Å². The van der Waals surface area contributed by atoms with Crippen molar-refractivity contribution >= 4 is 22.4 Å². The molecule has 0 radical (unpaired) electrons. The summed E-state index contributed by atoms with van der Waals surface area (Å²) in [6.45, 7) is 1.92. The first-order valence-corrected chi connectivity index (χ1v) is 7.73. The zero-order chi connectivity index (χ0) is 14.8. The Bertz CT molecular complexity index is 569. The van der Waals surface area contributed by atoms with E-state index < -0.39 is 32.4 Å². The quantitative estimate of drug-likeness (QED) is 0.801. The lowest BCUT2D eigenvalue weighted by Gasteiger charge is -2.10. The highest BCUT2D eigenvalue weighted by molar-refractivity contribution is 7.89. The maximum absolute atomic E-state index is 13.0. The second kappa shape index (κ2) is 7.44. The van der Waals surface area contributed by atoms with Crippen molar-refractivity contribution in [1.29, 1.82) is 0 Å². The van der Waals surface area contributed by atoms with Crippen LogP contribution in [0.5, 0.6) is 0 Å². The van der Waals surface area contributed by atoms with Gasteiger partial charge in [-0.05, 0) is 44.0 Å². The van der Waals surface area contributed by atoms with E-state index >= 15 is 0 Å². The lowest BCUT2D eigenvalue weighted by Crippen LogP contribution is -2.27. The van der Waals surface area contributed by atoms with Gasteiger partial charge in [0.2, 0.25) is 10.0 Å². The normalized spacial score (nSPS) is 18.5. The molecular weight excluding hydrogens is 329 g/mol. The second-order valence-electron chi connectivity index (χ2n) is 4.75. The molecule has 1 saturated heterocycles. The van der Waals surface area contributed by atoms with Crippen LogP contribution >= 0.6 is 12.4 Å². The highest BCUT2D eigenvalue weighted by Crippen LogP contribution is 2.18. The standard InChI is InChI=1S/C12H15F3N2O2S.ClH/c13-10-5-9(6-11(14)12(10)15)20(18,19)17-4-2-8-1-3-16-7-8;/h5-6,8,16-17H,1-4,7H2;1H. The fourth-order valence-corrected chi connectivity index (χ4v) is 3.20. The average Bonchev–Trinajstić information content (AvgIpc) is 2.88. The summed E-state index contributed by atoms with van der Waals surface area (Å²) in [4.78, 5) is -0.613. The van der Waals surface area contributed by atoms with Gasteiger partial charge >= 0.3 is 0 Å². The third-order valence-corrected chi connectivity index (χ3v) is 4.72. The lowest BCUT2D eigenvalue weighted by molar-refractivity contribution is 0.442. The van der Waals surface area contributed by atoms with E-state index in [2.05, 4.69) is 10.0 Å². The Morgan fingerprint density at radius 1 is 1.24 bits per heavy atom. The van der Waals surface area contributed by atoms with Crippen LogP contribution in [0.25, 0.3) is 0 Å². The lowest BCUT2D eigenvalue weighted by atomic mass is 10.1. The van der Waals surface area contributed by atoms with E-state index in [0.717, 1.165) is 19.5 Å². The molecular formula is C12H16ClF3N2O2S. The molecule has 1 atom stereocenters. The van der Waals surface area contributed by atoms with E-state index in [-0.39, 0.29) is 19.0 Å². The number of nitrogens with one attached hydrogen (secondary N) is 2. The maximum Gasteiger partial charge on any atom is 0.240 e. The van der Waals surface area contributed by atoms with Crippen molar-refractivity contribution < 1.29 is 21.6 Å². The largest absolute Gasteiger partial charge is 0.316 e. The van der Waals surface area contributed by atoms with E-state index in [4.69, 9.17) is 0 Å². The molecule has 120 valence electrons. The zero-order valence-electron chi connectivity index (χ0n) is 11.0. The first-order chi connectivity index (χ1) is 9.40. The summed E-state index contributed by atoms with van der Waals surface area (Å²) >= 11 is 0. The highest BCUT2D eigenvalue weighted by Gasteiger charge is 2.21. The number of benzene rings is 1. The van der Waals surface area contributed by atoms with E-state index in [1.807, 2.05) is 0 Å². The van der Waals surface area contributed by atoms with Crippen molar-refractivity contribution in [3.63, 3.8) is 0 Å². The minimum absolute atomic E-state index is 0. The van der Waals surface area contributed by atoms with Gasteiger partial charge in [-0.3, -0.25) is 0 Å². The summed E-state index contributed by atoms with van der Waals surface area (Å²) in [6.07, 6.45) is 1.61. The molecule has 1 aromatic carbocycles. The number of hydrogen-bond donors (Lipinski definition) is 2. The fourth-order valence-electron chi connectivity index (χ4n) is 2.13. The maximum atomic E-state index is 13.0. The van der Waals surface area contributed by atoms with Crippen LogP contribution in [0.15, 0.2) is 17.0 Å². The molecule has 0 bridgehead atoms. The Morgan fingerprint density at radius 3 is 2.38 bits per heavy atom. The van der Waals surface area contributed by atoms with Gasteiger partial charge in [0, 0.05) is 6.54 Å². The Balaban J connectivity index is 0.00000220. The van der Waals surface area contributed by atoms with E-state index in [1.165, 1.54) is 0 Å². The van der Waals surface area contributed by atoms with Gasteiger partial charge in [0.1, 0.15) is 0 Å². The third-order valence-electron chi connectivity index (χ3n) is 3.27. The van der Waals surface area contributed by atoms with Crippen LogP contribution in [0.4, 0.5) is 13.2 Å². The van der Waals surface area contributed by atoms with E-state index in [0.29, 0.717) is 24.5 Å². The summed E-state index contributed by atoms with van der Waals surface area (Å²) in [6, 6.07) is 0.940. The molecule has 0 saturated carbocycles. The Morgan fingerprint density at radius 2 is 1.86 bits per heavy atom. The van der Waals surface area contributed by atoms with Crippen LogP contribution in [-0.4, -0.2) is 28.1 Å². The van der Waals surface area contributed by atoms with E-state index in [9.17, 15) is 21.6 Å². The van der Waals surface area contributed by atoms with Gasteiger partial charge in [0.25, 0.3) is 0 Å². The van der Waals surface area contributed by atoms with E-state index in [1.54, 1.807) is 0 Å². The van der Waals surface area contributed by atoms with Gasteiger partial charge in [-0.15, -0.1) is 12.4 Å². The fraction of sp³-hybridized carbons (Fsp3) is 0.500. The van der Waals surface area contributed by atoms with Crippen molar-refractivity contribution in [1.82, 2.24) is 10.0 Å². The molecule has 4 nitrogen and oxygen atoms in total. The van der Waals surface area contributed by atoms with Crippen LogP contribution < -0.4 is 10.0 Å². The van der Waals surface area contributed by atoms with Crippen LogP contribution in [-0.2, 0) is 10.0 Å². The number of sulfonamides is 1. The summed E-state index contributed by atoms with van der Waals surface area (Å²) in [5.74, 6) is -4.34. The Hall–Kier alpha value is -0.830. The zero-order valence-corrected chi connectivity index (χ0v) is 12.7. The Labute approximate surface area is 127 Å². The van der Waals surface area contributed by atoms with Crippen molar-refractivity contribution in [3.8, 4) is 0 Å². The minimum Gasteiger partial charge on any atom is -0.316 e. The molecule has 0 amide bonds. The molecule has 1 fully saturated rings. The van der Waals surface area contributed by atoms with Gasteiger partial charge in [0.05, 0.1) is 4.90 Å². The predicted molar refractivity (Wildman–Crippen MR) is 74.3 cm³/mol. The molecule has 21 heavy (non-hydrogen) atoms. The van der Waals surface area contributed by atoms with Gasteiger partial charge in [-0.25, -0.2) is 26.3 Å². The minimum atomic E-state index is -4.03. The molecule has 1 aliphatic heterocycles. The summed E-state index contributed by atoms with van der Waals surface area (Å²) in [5.41, 5.74) is 0. The predicted octanol–water partition coefficient (Wildman–Crippen LogP) is 1.80. The molecule has 0 aliphatic carbocycles. The summed E-state index contributed by atoms with van der Waals surface area (Å²) in [7, 11) is -4.03. The smallest absolute Gasteiger partial charge is 0.240 e. The van der Waals surface area contributed by atoms with Crippen molar-refractivity contribution in [3.05, 3.63) is 29.6 Å². The number of halogens is 4. The monoisotopic (exact) mass is 344 g/mol. The molecule has 1 heterocycles. The van der Waals surface area contributed by atoms with Crippen LogP contribution in [0.3, 0.4) is 0 Å². The molecule has 0 aromatic heterocycles. The van der Waals surface area contributed by atoms with Gasteiger partial charge in [-0.2, -0.15) is 0 Å². The SMILES string of the molecule is Cl.O=S(=O)(NCCC1CCNC1)c1cc(F)c(F)c(F)c1. The molecule has 0 spiro atoms. The number of rotatable bonds is 5. The molecule has 2 N–H and O–H groups in total. The first kappa shape index (κ1) is 18.2.